The summed E-state index contributed by atoms with van der Waals surface area (Å²) in [6.45, 7) is 5.90. The molecule has 0 radical (unpaired) electrons. The Hall–Kier alpha value is -2.10. The van der Waals surface area contributed by atoms with E-state index in [0.29, 0.717) is 5.82 Å². The molecule has 0 saturated carbocycles. The molecule has 3 rings (SSSR count). The average Bonchev–Trinajstić information content (AvgIpc) is 2.41. The van der Waals surface area contributed by atoms with Crippen molar-refractivity contribution in [2.24, 2.45) is 7.05 Å². The standard InChI is InChI=1S/C16H19N3O/c1-11-8-12(2)14-10-19(6-4-13(14)9-11)15-16(20)18(3)7-5-17-15/h5,7-9H,4,6,10H2,1-3H3. The van der Waals surface area contributed by atoms with Gasteiger partial charge in [-0.05, 0) is 37.0 Å². The van der Waals surface area contributed by atoms with Crippen LogP contribution in [0.15, 0.2) is 29.3 Å². The van der Waals surface area contributed by atoms with Crippen LogP contribution in [-0.4, -0.2) is 16.1 Å². The Labute approximate surface area is 118 Å². The van der Waals surface area contributed by atoms with Crippen LogP contribution in [0.25, 0.3) is 0 Å². The highest BCUT2D eigenvalue weighted by Crippen LogP contribution is 2.25. The lowest BCUT2D eigenvalue weighted by molar-refractivity contribution is 0.698. The van der Waals surface area contributed by atoms with Gasteiger partial charge in [-0.1, -0.05) is 17.7 Å². The van der Waals surface area contributed by atoms with Crippen LogP contribution in [0.2, 0.25) is 0 Å². The van der Waals surface area contributed by atoms with Crippen LogP contribution in [0, 0.1) is 13.8 Å². The van der Waals surface area contributed by atoms with E-state index in [1.165, 1.54) is 22.3 Å². The predicted octanol–water partition coefficient (Wildman–Crippen LogP) is 1.96. The summed E-state index contributed by atoms with van der Waals surface area (Å²) < 4.78 is 1.58. The van der Waals surface area contributed by atoms with Crippen molar-refractivity contribution >= 4 is 5.82 Å². The molecule has 0 fully saturated rings. The van der Waals surface area contributed by atoms with Crippen molar-refractivity contribution in [3.8, 4) is 0 Å². The fourth-order valence-corrected chi connectivity index (χ4v) is 2.94. The summed E-state index contributed by atoms with van der Waals surface area (Å²) in [6, 6.07) is 4.47. The van der Waals surface area contributed by atoms with Gasteiger partial charge < -0.3 is 9.47 Å². The largest absolute Gasteiger partial charge is 0.347 e. The van der Waals surface area contributed by atoms with Gasteiger partial charge in [0, 0.05) is 32.5 Å². The van der Waals surface area contributed by atoms with Crippen LogP contribution in [0.1, 0.15) is 22.3 Å². The smallest absolute Gasteiger partial charge is 0.293 e. The molecule has 20 heavy (non-hydrogen) atoms. The number of hydrogen-bond donors (Lipinski definition) is 0. The molecule has 0 amide bonds. The molecule has 1 aromatic carbocycles. The second-order valence-electron chi connectivity index (χ2n) is 5.56. The van der Waals surface area contributed by atoms with Crippen LogP contribution < -0.4 is 10.5 Å². The monoisotopic (exact) mass is 269 g/mol. The topological polar surface area (TPSA) is 38.1 Å². The Morgan fingerprint density at radius 2 is 2.05 bits per heavy atom. The quantitative estimate of drug-likeness (QED) is 0.794. The molecule has 0 atom stereocenters. The van der Waals surface area contributed by atoms with Crippen molar-refractivity contribution in [1.82, 2.24) is 9.55 Å². The number of rotatable bonds is 1. The lowest BCUT2D eigenvalue weighted by atomic mass is 9.93. The Bertz CT molecular complexity index is 718. The van der Waals surface area contributed by atoms with E-state index in [0.717, 1.165) is 19.5 Å². The van der Waals surface area contributed by atoms with Crippen molar-refractivity contribution in [3.63, 3.8) is 0 Å². The third kappa shape index (κ3) is 2.11. The SMILES string of the molecule is Cc1cc(C)c2c(c1)CCN(c1nccn(C)c1=O)C2. The summed E-state index contributed by atoms with van der Waals surface area (Å²) in [6.07, 6.45) is 4.35. The maximum absolute atomic E-state index is 12.2. The number of nitrogens with zero attached hydrogens (tertiary/aromatic N) is 3. The average molecular weight is 269 g/mol. The number of hydrogen-bond acceptors (Lipinski definition) is 3. The van der Waals surface area contributed by atoms with Crippen LogP contribution in [-0.2, 0) is 20.0 Å². The van der Waals surface area contributed by atoms with Crippen LogP contribution in [0.5, 0.6) is 0 Å². The molecular formula is C16H19N3O. The minimum absolute atomic E-state index is 0.0271. The molecule has 0 unspecified atom stereocenters. The molecule has 104 valence electrons. The molecule has 0 aliphatic carbocycles. The van der Waals surface area contributed by atoms with Crippen LogP contribution in [0.3, 0.4) is 0 Å². The number of benzene rings is 1. The second kappa shape index (κ2) is 4.78. The van der Waals surface area contributed by atoms with Gasteiger partial charge in [0.25, 0.3) is 5.56 Å². The molecule has 4 nitrogen and oxygen atoms in total. The van der Waals surface area contributed by atoms with Gasteiger partial charge in [0.15, 0.2) is 5.82 Å². The third-order valence-electron chi connectivity index (χ3n) is 4.01. The Morgan fingerprint density at radius 3 is 2.85 bits per heavy atom. The lowest BCUT2D eigenvalue weighted by Crippen LogP contribution is -2.37. The van der Waals surface area contributed by atoms with Crippen LogP contribution >= 0.6 is 0 Å². The highest BCUT2D eigenvalue weighted by Gasteiger charge is 2.21. The molecule has 0 N–H and O–H groups in total. The molecule has 2 aromatic rings. The van der Waals surface area contributed by atoms with Gasteiger partial charge in [-0.15, -0.1) is 0 Å². The van der Waals surface area contributed by atoms with E-state index in [4.69, 9.17) is 0 Å². The fourth-order valence-electron chi connectivity index (χ4n) is 2.94. The zero-order valence-electron chi connectivity index (χ0n) is 12.2. The summed E-state index contributed by atoms with van der Waals surface area (Å²) in [4.78, 5) is 18.5. The first-order valence-electron chi connectivity index (χ1n) is 6.92. The highest BCUT2D eigenvalue weighted by molar-refractivity contribution is 5.46. The first-order valence-corrected chi connectivity index (χ1v) is 6.92. The normalized spacial score (nSPS) is 14.2. The van der Waals surface area contributed by atoms with E-state index >= 15 is 0 Å². The molecular weight excluding hydrogens is 250 g/mol. The Morgan fingerprint density at radius 1 is 1.25 bits per heavy atom. The first kappa shape index (κ1) is 12.9. The van der Waals surface area contributed by atoms with Gasteiger partial charge in [0.05, 0.1) is 0 Å². The van der Waals surface area contributed by atoms with Gasteiger partial charge in [-0.25, -0.2) is 4.98 Å². The van der Waals surface area contributed by atoms with Crippen molar-refractivity contribution < 1.29 is 0 Å². The molecule has 0 saturated heterocycles. The summed E-state index contributed by atoms with van der Waals surface area (Å²) in [5.74, 6) is 0.556. The molecule has 1 aliphatic heterocycles. The van der Waals surface area contributed by atoms with Crippen molar-refractivity contribution in [1.29, 1.82) is 0 Å². The van der Waals surface area contributed by atoms with Crippen molar-refractivity contribution in [2.75, 3.05) is 11.4 Å². The number of aryl methyl sites for hydroxylation is 3. The highest BCUT2D eigenvalue weighted by atomic mass is 16.1. The summed E-state index contributed by atoms with van der Waals surface area (Å²) in [7, 11) is 1.76. The minimum Gasteiger partial charge on any atom is -0.347 e. The van der Waals surface area contributed by atoms with Gasteiger partial charge >= 0.3 is 0 Å². The van der Waals surface area contributed by atoms with E-state index in [2.05, 4.69) is 35.9 Å². The number of aromatic nitrogens is 2. The molecule has 2 heterocycles. The van der Waals surface area contributed by atoms with Gasteiger partial charge in [-0.3, -0.25) is 4.79 Å². The summed E-state index contributed by atoms with van der Waals surface area (Å²) in [5, 5.41) is 0. The first-order chi connectivity index (χ1) is 9.56. The van der Waals surface area contributed by atoms with Crippen molar-refractivity contribution in [2.45, 2.75) is 26.8 Å². The van der Waals surface area contributed by atoms with E-state index in [9.17, 15) is 4.79 Å². The zero-order valence-corrected chi connectivity index (χ0v) is 12.2. The van der Waals surface area contributed by atoms with Gasteiger partial charge in [0.2, 0.25) is 0 Å². The fraction of sp³-hybridized carbons (Fsp3) is 0.375. The second-order valence-corrected chi connectivity index (χ2v) is 5.56. The molecule has 1 aliphatic rings. The molecule has 0 spiro atoms. The Kier molecular flexibility index (Phi) is 3.08. The van der Waals surface area contributed by atoms with Crippen LogP contribution in [0.4, 0.5) is 5.82 Å². The summed E-state index contributed by atoms with van der Waals surface area (Å²) >= 11 is 0. The van der Waals surface area contributed by atoms with E-state index < -0.39 is 0 Å². The zero-order chi connectivity index (χ0) is 14.3. The Balaban J connectivity index is 2.00. The third-order valence-corrected chi connectivity index (χ3v) is 4.01. The van der Waals surface area contributed by atoms with E-state index in [1.54, 1.807) is 24.0 Å². The minimum atomic E-state index is -0.0271. The number of anilines is 1. The molecule has 4 heteroatoms. The number of fused-ring (bicyclic) bond motifs is 1. The maximum Gasteiger partial charge on any atom is 0.293 e. The summed E-state index contributed by atoms with van der Waals surface area (Å²) in [5.41, 5.74) is 5.34. The van der Waals surface area contributed by atoms with Gasteiger partial charge in [0.1, 0.15) is 0 Å². The van der Waals surface area contributed by atoms with Gasteiger partial charge in [-0.2, -0.15) is 0 Å². The molecule has 0 bridgehead atoms. The maximum atomic E-state index is 12.2. The lowest BCUT2D eigenvalue weighted by Gasteiger charge is -2.30. The van der Waals surface area contributed by atoms with E-state index in [-0.39, 0.29) is 5.56 Å². The van der Waals surface area contributed by atoms with E-state index in [1.807, 2.05) is 0 Å². The molecule has 1 aromatic heterocycles. The van der Waals surface area contributed by atoms with Crippen molar-refractivity contribution in [3.05, 3.63) is 57.1 Å². The predicted molar refractivity (Wildman–Crippen MR) is 80.1 cm³/mol.